The maximum atomic E-state index is 9.38. The van der Waals surface area contributed by atoms with E-state index in [0.717, 1.165) is 0 Å². The van der Waals surface area contributed by atoms with Crippen LogP contribution in [0.2, 0.25) is 0 Å². The largest absolute Gasteiger partial charge is 0.394 e. The summed E-state index contributed by atoms with van der Waals surface area (Å²) < 4.78 is 9.50. The topological polar surface area (TPSA) is 99.4 Å². The highest BCUT2D eigenvalue weighted by molar-refractivity contribution is 4.88. The Bertz CT molecular complexity index is 163. The van der Waals surface area contributed by atoms with Crippen LogP contribution in [-0.2, 0) is 9.47 Å². The molecule has 4 N–H and O–H groups in total. The van der Waals surface area contributed by atoms with E-state index in [-0.39, 0.29) is 0 Å². The summed E-state index contributed by atoms with van der Waals surface area (Å²) in [6.07, 6.45) is -5.81. The van der Waals surface area contributed by atoms with Crippen molar-refractivity contribution >= 4 is 0 Å². The smallest absolute Gasteiger partial charge is 0.184 e. The van der Waals surface area contributed by atoms with Crippen LogP contribution in [0.15, 0.2) is 0 Å². The Balaban J connectivity index is 2.66. The highest BCUT2D eigenvalue weighted by atomic mass is 16.7. The molecule has 0 saturated carbocycles. The molecule has 1 aliphatic heterocycles. The van der Waals surface area contributed by atoms with Crippen LogP contribution in [0.3, 0.4) is 0 Å². The lowest BCUT2D eigenvalue weighted by Gasteiger charge is -2.39. The third-order valence-corrected chi connectivity index (χ3v) is 2.11. The van der Waals surface area contributed by atoms with E-state index in [2.05, 4.69) is 0 Å². The van der Waals surface area contributed by atoms with Crippen molar-refractivity contribution in [1.82, 2.24) is 0 Å². The lowest BCUT2D eigenvalue weighted by atomic mass is 9.99. The van der Waals surface area contributed by atoms with Crippen LogP contribution in [0.1, 0.15) is 0 Å². The first-order valence-electron chi connectivity index (χ1n) is 3.95. The van der Waals surface area contributed by atoms with Gasteiger partial charge in [0.05, 0.1) is 6.61 Å². The molecule has 1 saturated heterocycles. The quantitative estimate of drug-likeness (QED) is 0.386. The van der Waals surface area contributed by atoms with Gasteiger partial charge in [0, 0.05) is 7.11 Å². The van der Waals surface area contributed by atoms with Gasteiger partial charge in [-0.25, -0.2) is 0 Å². The molecule has 1 fully saturated rings. The van der Waals surface area contributed by atoms with Crippen LogP contribution >= 0.6 is 0 Å². The number of methoxy groups -OCH3 is 1. The number of hydrogen-bond donors (Lipinski definition) is 4. The molecule has 6 nitrogen and oxygen atoms in total. The second-order valence-corrected chi connectivity index (χ2v) is 2.93. The highest BCUT2D eigenvalue weighted by Crippen LogP contribution is 2.21. The summed E-state index contributed by atoms with van der Waals surface area (Å²) >= 11 is 0. The Morgan fingerprint density at radius 2 is 1.85 bits per heavy atom. The Morgan fingerprint density at radius 3 is 2.31 bits per heavy atom. The zero-order chi connectivity index (χ0) is 10.0. The van der Waals surface area contributed by atoms with Crippen molar-refractivity contribution < 1.29 is 29.9 Å². The molecule has 0 aromatic carbocycles. The second kappa shape index (κ2) is 4.32. The van der Waals surface area contributed by atoms with E-state index in [1.54, 1.807) is 0 Å². The first kappa shape index (κ1) is 10.8. The van der Waals surface area contributed by atoms with E-state index in [1.807, 2.05) is 0 Å². The Labute approximate surface area is 75.3 Å². The Hall–Kier alpha value is -0.240. The molecular formula is C7H14O6. The van der Waals surface area contributed by atoms with Gasteiger partial charge in [-0.2, -0.15) is 0 Å². The van der Waals surface area contributed by atoms with Crippen LogP contribution in [-0.4, -0.2) is 64.8 Å². The number of aliphatic hydroxyl groups excluding tert-OH is 4. The lowest BCUT2D eigenvalue weighted by Crippen LogP contribution is -2.59. The van der Waals surface area contributed by atoms with Gasteiger partial charge < -0.3 is 29.9 Å². The predicted molar refractivity (Wildman–Crippen MR) is 40.8 cm³/mol. The summed E-state index contributed by atoms with van der Waals surface area (Å²) in [6.45, 7) is -0.467. The predicted octanol–water partition coefficient (Wildman–Crippen LogP) is -2.57. The van der Waals surface area contributed by atoms with Gasteiger partial charge in [0.25, 0.3) is 0 Å². The van der Waals surface area contributed by atoms with Gasteiger partial charge in [-0.3, -0.25) is 0 Å². The van der Waals surface area contributed by atoms with Crippen molar-refractivity contribution in [2.45, 2.75) is 30.7 Å². The number of rotatable bonds is 2. The molecule has 6 heteroatoms. The van der Waals surface area contributed by atoms with E-state index < -0.39 is 37.3 Å². The third kappa shape index (κ3) is 1.98. The lowest BCUT2D eigenvalue weighted by molar-refractivity contribution is -0.291. The Kier molecular flexibility index (Phi) is 3.60. The minimum Gasteiger partial charge on any atom is -0.394 e. The van der Waals surface area contributed by atoms with Crippen molar-refractivity contribution in [3.05, 3.63) is 0 Å². The van der Waals surface area contributed by atoms with E-state index in [4.69, 9.17) is 14.6 Å². The molecule has 0 aromatic heterocycles. The molecule has 0 radical (unpaired) electrons. The van der Waals surface area contributed by atoms with Gasteiger partial charge >= 0.3 is 0 Å². The number of hydrogen-bond acceptors (Lipinski definition) is 6. The first-order valence-corrected chi connectivity index (χ1v) is 3.95. The monoisotopic (exact) mass is 194 g/mol. The number of ether oxygens (including phenoxy) is 2. The first-order chi connectivity index (χ1) is 6.11. The van der Waals surface area contributed by atoms with Crippen molar-refractivity contribution in [2.24, 2.45) is 0 Å². The maximum Gasteiger partial charge on any atom is 0.184 e. The summed E-state index contributed by atoms with van der Waals surface area (Å²) in [7, 11) is 1.28. The summed E-state index contributed by atoms with van der Waals surface area (Å²) in [6, 6.07) is 0. The summed E-state index contributed by atoms with van der Waals surface area (Å²) in [5.41, 5.74) is 0. The second-order valence-electron chi connectivity index (χ2n) is 2.93. The van der Waals surface area contributed by atoms with Gasteiger partial charge in [0.1, 0.15) is 24.4 Å². The van der Waals surface area contributed by atoms with E-state index in [0.29, 0.717) is 0 Å². The molecule has 0 aromatic rings. The molecule has 0 bridgehead atoms. The SMILES string of the molecule is CO[C@@H]1[C@@H](O)[C@@H](O)[C@@H](CO)O[C@H]1O. The van der Waals surface area contributed by atoms with Gasteiger partial charge in [-0.15, -0.1) is 0 Å². The molecule has 0 unspecified atom stereocenters. The van der Waals surface area contributed by atoms with Crippen molar-refractivity contribution in [2.75, 3.05) is 13.7 Å². The molecule has 1 rings (SSSR count). The average molecular weight is 194 g/mol. The van der Waals surface area contributed by atoms with Gasteiger partial charge in [0.15, 0.2) is 6.29 Å². The van der Waals surface area contributed by atoms with E-state index >= 15 is 0 Å². The minimum absolute atomic E-state index is 0.467. The molecule has 0 amide bonds. The average Bonchev–Trinajstić information content (AvgIpc) is 2.12. The summed E-state index contributed by atoms with van der Waals surface area (Å²) in [5, 5.41) is 36.7. The zero-order valence-electron chi connectivity index (χ0n) is 7.20. The highest BCUT2D eigenvalue weighted by Gasteiger charge is 2.43. The maximum absolute atomic E-state index is 9.38. The molecule has 0 aliphatic carbocycles. The zero-order valence-corrected chi connectivity index (χ0v) is 7.20. The molecular weight excluding hydrogens is 180 g/mol. The normalized spacial score (nSPS) is 46.4. The summed E-state index contributed by atoms with van der Waals surface area (Å²) in [4.78, 5) is 0. The fourth-order valence-corrected chi connectivity index (χ4v) is 1.33. The molecule has 1 aliphatic rings. The van der Waals surface area contributed by atoms with Gasteiger partial charge in [0.2, 0.25) is 0 Å². The van der Waals surface area contributed by atoms with E-state index in [9.17, 15) is 15.3 Å². The fraction of sp³-hybridized carbons (Fsp3) is 1.00. The standard InChI is InChI=1S/C7H14O6/c1-12-6-5(10)4(9)3(2-8)13-7(6)11/h3-11H,2H2,1H3/t3-,4+,5+,6-,7-/m1/s1. The van der Waals surface area contributed by atoms with Crippen LogP contribution < -0.4 is 0 Å². The van der Waals surface area contributed by atoms with Crippen LogP contribution in [0, 0.1) is 0 Å². The van der Waals surface area contributed by atoms with Crippen LogP contribution in [0.4, 0.5) is 0 Å². The molecule has 0 spiro atoms. The third-order valence-electron chi connectivity index (χ3n) is 2.11. The summed E-state index contributed by atoms with van der Waals surface area (Å²) in [5.74, 6) is 0. The fourth-order valence-electron chi connectivity index (χ4n) is 1.33. The minimum atomic E-state index is -1.33. The van der Waals surface area contributed by atoms with Crippen LogP contribution in [0.25, 0.3) is 0 Å². The van der Waals surface area contributed by atoms with Gasteiger partial charge in [-0.05, 0) is 0 Å². The molecule has 5 atom stereocenters. The molecule has 13 heavy (non-hydrogen) atoms. The molecule has 78 valence electrons. The van der Waals surface area contributed by atoms with E-state index in [1.165, 1.54) is 7.11 Å². The van der Waals surface area contributed by atoms with Crippen LogP contribution in [0.5, 0.6) is 0 Å². The van der Waals surface area contributed by atoms with Gasteiger partial charge in [-0.1, -0.05) is 0 Å². The van der Waals surface area contributed by atoms with Crippen molar-refractivity contribution in [3.63, 3.8) is 0 Å². The van der Waals surface area contributed by atoms with Crippen molar-refractivity contribution in [1.29, 1.82) is 0 Å². The Morgan fingerprint density at radius 1 is 1.23 bits per heavy atom. The molecule has 1 heterocycles. The van der Waals surface area contributed by atoms with Crippen molar-refractivity contribution in [3.8, 4) is 0 Å². The number of aliphatic hydroxyl groups is 4.